The third-order valence-corrected chi connectivity index (χ3v) is 3.71. The van der Waals surface area contributed by atoms with Crippen molar-refractivity contribution in [1.82, 2.24) is 10.6 Å². The monoisotopic (exact) mass is 270 g/mol. The molecule has 2 unspecified atom stereocenters. The van der Waals surface area contributed by atoms with E-state index in [0.29, 0.717) is 6.42 Å². The minimum absolute atomic E-state index is 0.0471. The SMILES string of the molecule is CC(CCCC(C)C(=O)O)NC(=O)[C@H]1CCCCN1. The van der Waals surface area contributed by atoms with Gasteiger partial charge in [0.2, 0.25) is 5.91 Å². The molecule has 0 aromatic carbocycles. The Bertz CT molecular complexity index is 301. The first-order chi connectivity index (χ1) is 9.00. The second kappa shape index (κ2) is 8.15. The molecule has 1 heterocycles. The number of nitrogens with one attached hydrogen (secondary N) is 2. The van der Waals surface area contributed by atoms with Crippen molar-refractivity contribution in [1.29, 1.82) is 0 Å². The quantitative estimate of drug-likeness (QED) is 0.655. The first-order valence-electron chi connectivity index (χ1n) is 7.27. The molecule has 19 heavy (non-hydrogen) atoms. The molecule has 1 rings (SSSR count). The summed E-state index contributed by atoms with van der Waals surface area (Å²) >= 11 is 0. The zero-order valence-corrected chi connectivity index (χ0v) is 11.9. The summed E-state index contributed by atoms with van der Waals surface area (Å²) in [5.74, 6) is -0.968. The van der Waals surface area contributed by atoms with Gasteiger partial charge in [0.05, 0.1) is 12.0 Å². The maximum atomic E-state index is 11.9. The molecule has 3 atom stereocenters. The molecule has 0 spiro atoms. The smallest absolute Gasteiger partial charge is 0.306 e. The van der Waals surface area contributed by atoms with Gasteiger partial charge in [0.15, 0.2) is 0 Å². The van der Waals surface area contributed by atoms with E-state index in [1.54, 1.807) is 6.92 Å². The molecule has 1 aliphatic heterocycles. The number of carbonyl (C=O) groups excluding carboxylic acids is 1. The van der Waals surface area contributed by atoms with Crippen LogP contribution in [0.5, 0.6) is 0 Å². The van der Waals surface area contributed by atoms with Crippen molar-refractivity contribution in [2.24, 2.45) is 5.92 Å². The van der Waals surface area contributed by atoms with Gasteiger partial charge in [-0.2, -0.15) is 0 Å². The Balaban J connectivity index is 2.17. The summed E-state index contributed by atoms with van der Waals surface area (Å²) in [5.41, 5.74) is 0. The van der Waals surface area contributed by atoms with Gasteiger partial charge in [-0.25, -0.2) is 0 Å². The zero-order chi connectivity index (χ0) is 14.3. The van der Waals surface area contributed by atoms with Gasteiger partial charge in [-0.3, -0.25) is 9.59 Å². The fraction of sp³-hybridized carbons (Fsp3) is 0.857. The van der Waals surface area contributed by atoms with Gasteiger partial charge >= 0.3 is 5.97 Å². The number of carbonyl (C=O) groups is 2. The predicted octanol–water partition coefficient (Wildman–Crippen LogP) is 1.52. The van der Waals surface area contributed by atoms with E-state index < -0.39 is 5.97 Å². The van der Waals surface area contributed by atoms with Crippen LogP contribution in [0, 0.1) is 5.92 Å². The Hall–Kier alpha value is -1.10. The van der Waals surface area contributed by atoms with Crippen molar-refractivity contribution in [3.63, 3.8) is 0 Å². The molecule has 0 bridgehead atoms. The van der Waals surface area contributed by atoms with E-state index in [9.17, 15) is 9.59 Å². The van der Waals surface area contributed by atoms with Crippen molar-refractivity contribution in [3.8, 4) is 0 Å². The van der Waals surface area contributed by atoms with Crippen LogP contribution in [0.4, 0.5) is 0 Å². The van der Waals surface area contributed by atoms with Gasteiger partial charge in [0.1, 0.15) is 0 Å². The lowest BCUT2D eigenvalue weighted by atomic mass is 10.0. The average molecular weight is 270 g/mol. The van der Waals surface area contributed by atoms with Crippen LogP contribution in [0.15, 0.2) is 0 Å². The second-order valence-corrected chi connectivity index (χ2v) is 5.58. The van der Waals surface area contributed by atoms with Crippen LogP contribution in [0.1, 0.15) is 52.4 Å². The van der Waals surface area contributed by atoms with Gasteiger partial charge in [-0.15, -0.1) is 0 Å². The fourth-order valence-electron chi connectivity index (χ4n) is 2.34. The summed E-state index contributed by atoms with van der Waals surface area (Å²) in [6.07, 6.45) is 5.48. The summed E-state index contributed by atoms with van der Waals surface area (Å²) in [5, 5.41) is 15.0. The molecule has 5 heteroatoms. The molecule has 1 aliphatic rings. The number of piperidine rings is 1. The molecule has 110 valence electrons. The lowest BCUT2D eigenvalue weighted by Crippen LogP contribution is -2.48. The first-order valence-corrected chi connectivity index (χ1v) is 7.27. The lowest BCUT2D eigenvalue weighted by molar-refractivity contribution is -0.141. The number of carboxylic acids is 1. The molecule has 5 nitrogen and oxygen atoms in total. The Kier molecular flexibility index (Phi) is 6.84. The molecule has 0 aliphatic carbocycles. The highest BCUT2D eigenvalue weighted by Crippen LogP contribution is 2.11. The number of hydrogen-bond donors (Lipinski definition) is 3. The molecule has 0 aromatic rings. The van der Waals surface area contributed by atoms with Gasteiger partial charge in [0.25, 0.3) is 0 Å². The maximum absolute atomic E-state index is 11.9. The van der Waals surface area contributed by atoms with Crippen LogP contribution >= 0.6 is 0 Å². The number of carboxylic acid groups (broad SMARTS) is 1. The van der Waals surface area contributed by atoms with E-state index >= 15 is 0 Å². The number of amides is 1. The third kappa shape index (κ3) is 6.05. The molecular weight excluding hydrogens is 244 g/mol. The van der Waals surface area contributed by atoms with Crippen molar-refractivity contribution < 1.29 is 14.7 Å². The number of aliphatic carboxylic acids is 1. The number of hydrogen-bond acceptors (Lipinski definition) is 3. The predicted molar refractivity (Wildman–Crippen MR) is 73.9 cm³/mol. The van der Waals surface area contributed by atoms with Gasteiger partial charge in [-0.05, 0) is 39.2 Å². The van der Waals surface area contributed by atoms with E-state index in [-0.39, 0.29) is 23.9 Å². The minimum atomic E-state index is -0.747. The fourth-order valence-corrected chi connectivity index (χ4v) is 2.34. The molecule has 1 fully saturated rings. The molecule has 3 N–H and O–H groups in total. The van der Waals surface area contributed by atoms with Gasteiger partial charge < -0.3 is 15.7 Å². The summed E-state index contributed by atoms with van der Waals surface area (Å²) in [7, 11) is 0. The largest absolute Gasteiger partial charge is 0.481 e. The summed E-state index contributed by atoms with van der Waals surface area (Å²) in [6, 6.07) is 0.0614. The van der Waals surface area contributed by atoms with E-state index in [4.69, 9.17) is 5.11 Å². The van der Waals surface area contributed by atoms with Crippen molar-refractivity contribution in [2.75, 3.05) is 6.54 Å². The maximum Gasteiger partial charge on any atom is 0.306 e. The van der Waals surface area contributed by atoms with Crippen LogP contribution in [0.2, 0.25) is 0 Å². The van der Waals surface area contributed by atoms with Crippen molar-refractivity contribution >= 4 is 11.9 Å². The molecule has 0 radical (unpaired) electrons. The van der Waals surface area contributed by atoms with Gasteiger partial charge in [0, 0.05) is 6.04 Å². The van der Waals surface area contributed by atoms with E-state index in [0.717, 1.165) is 38.6 Å². The highest BCUT2D eigenvalue weighted by molar-refractivity contribution is 5.82. The van der Waals surface area contributed by atoms with Crippen LogP contribution < -0.4 is 10.6 Å². The molecule has 0 saturated carbocycles. The standard InChI is InChI=1S/C14H26N2O3/c1-10(14(18)19)6-5-7-11(2)16-13(17)12-8-3-4-9-15-12/h10-12,15H,3-9H2,1-2H3,(H,16,17)(H,18,19)/t10?,11?,12-/m1/s1. The second-order valence-electron chi connectivity index (χ2n) is 5.58. The first kappa shape index (κ1) is 16.0. The Morgan fingerprint density at radius 1 is 1.32 bits per heavy atom. The van der Waals surface area contributed by atoms with E-state index in [1.165, 1.54) is 0 Å². The summed E-state index contributed by atoms with van der Waals surface area (Å²) in [6.45, 7) is 4.62. The Labute approximate surface area is 115 Å². The Morgan fingerprint density at radius 3 is 2.63 bits per heavy atom. The van der Waals surface area contributed by atoms with E-state index in [2.05, 4.69) is 10.6 Å². The highest BCUT2D eigenvalue weighted by Gasteiger charge is 2.21. The van der Waals surface area contributed by atoms with Crippen LogP contribution in [0.3, 0.4) is 0 Å². The van der Waals surface area contributed by atoms with E-state index in [1.807, 2.05) is 6.92 Å². The summed E-state index contributed by atoms with van der Waals surface area (Å²) < 4.78 is 0. The lowest BCUT2D eigenvalue weighted by Gasteiger charge is -2.24. The third-order valence-electron chi connectivity index (χ3n) is 3.71. The summed E-state index contributed by atoms with van der Waals surface area (Å²) in [4.78, 5) is 22.6. The zero-order valence-electron chi connectivity index (χ0n) is 11.9. The highest BCUT2D eigenvalue weighted by atomic mass is 16.4. The van der Waals surface area contributed by atoms with Crippen LogP contribution in [-0.4, -0.2) is 35.6 Å². The van der Waals surface area contributed by atoms with Crippen LogP contribution in [-0.2, 0) is 9.59 Å². The van der Waals surface area contributed by atoms with Gasteiger partial charge in [-0.1, -0.05) is 19.8 Å². The minimum Gasteiger partial charge on any atom is -0.481 e. The van der Waals surface area contributed by atoms with Crippen LogP contribution in [0.25, 0.3) is 0 Å². The Morgan fingerprint density at radius 2 is 2.05 bits per heavy atom. The molecule has 1 amide bonds. The number of rotatable bonds is 7. The normalized spacial score (nSPS) is 22.5. The molecular formula is C14H26N2O3. The van der Waals surface area contributed by atoms with Crippen molar-refractivity contribution in [3.05, 3.63) is 0 Å². The topological polar surface area (TPSA) is 78.4 Å². The van der Waals surface area contributed by atoms with Crippen molar-refractivity contribution in [2.45, 2.75) is 64.5 Å². The molecule has 1 saturated heterocycles. The molecule has 0 aromatic heterocycles. The average Bonchev–Trinajstić information content (AvgIpc) is 2.39.